The van der Waals surface area contributed by atoms with Crippen molar-refractivity contribution in [2.45, 2.75) is 65.0 Å². The molecule has 9 heteroatoms. The Morgan fingerprint density at radius 2 is 1.65 bits per heavy atom. The fourth-order valence-corrected chi connectivity index (χ4v) is 4.17. The Morgan fingerprint density at radius 1 is 1.15 bits per heavy atom. The maximum atomic E-state index is 10.9. The maximum absolute atomic E-state index is 10.9. The van der Waals surface area contributed by atoms with E-state index < -0.39 is 20.1 Å². The quantitative estimate of drug-likeness (QED) is 0.352. The molecular formula is C17H29AsN2O6. The van der Waals surface area contributed by atoms with E-state index in [1.54, 1.807) is 0 Å². The molecule has 26 heavy (non-hydrogen) atoms. The molecule has 1 amide bonds. The van der Waals surface area contributed by atoms with Gasteiger partial charge in [0.1, 0.15) is 0 Å². The van der Waals surface area contributed by atoms with Gasteiger partial charge in [-0.2, -0.15) is 5.06 Å². The Morgan fingerprint density at radius 3 is 2.04 bits per heavy atom. The van der Waals surface area contributed by atoms with Crippen molar-refractivity contribution < 1.29 is 27.0 Å². The molecule has 2 rings (SSSR count). The van der Waals surface area contributed by atoms with Gasteiger partial charge >= 0.3 is 88.1 Å². The molecule has 1 aromatic rings. The molecule has 0 aliphatic carbocycles. The summed E-state index contributed by atoms with van der Waals surface area (Å²) in [4.78, 5) is 10.7. The molecule has 1 aliphatic rings. The van der Waals surface area contributed by atoms with Gasteiger partial charge in [-0.1, -0.05) is 0 Å². The number of hydrogen-bond donors (Lipinski definition) is 5. The molecule has 1 aromatic carbocycles. The third kappa shape index (κ3) is 6.14. The van der Waals surface area contributed by atoms with Crippen LogP contribution in [0.3, 0.4) is 0 Å². The minimum Gasteiger partial charge on any atom is -0.313 e. The molecule has 1 fully saturated rings. The fraction of sp³-hybridized carbons (Fsp3) is 0.588. The summed E-state index contributed by atoms with van der Waals surface area (Å²) < 4.78 is 28.6. The largest absolute Gasteiger partial charge is 0.313 e. The molecule has 0 spiro atoms. The van der Waals surface area contributed by atoms with E-state index in [0.29, 0.717) is 0 Å². The molecule has 0 saturated carbocycles. The smallest absolute Gasteiger partial charge is 0.0410 e. The number of anilines is 1. The number of hydroxylamine groups is 2. The van der Waals surface area contributed by atoms with Crippen molar-refractivity contribution in [3.8, 4) is 5.75 Å². The first-order chi connectivity index (χ1) is 11.7. The second-order valence-corrected chi connectivity index (χ2v) is 11.1. The Hall–Kier alpha value is -1.31. The van der Waals surface area contributed by atoms with E-state index in [1.165, 1.54) is 18.4 Å². The summed E-state index contributed by atoms with van der Waals surface area (Å²) in [5.41, 5.74) is -0.0894. The summed E-state index contributed by atoms with van der Waals surface area (Å²) >= 11 is -4.98. The number of nitrogens with zero attached hydrogens (tertiary/aromatic N) is 1. The van der Waals surface area contributed by atoms with Crippen LogP contribution in [0, 0.1) is 0 Å². The summed E-state index contributed by atoms with van der Waals surface area (Å²) in [6.45, 7) is 9.60. The number of hydrogen-bond acceptors (Lipinski definition) is 5. The first-order valence-electron chi connectivity index (χ1n) is 8.33. The first kappa shape index (κ1) is 22.7. The number of carbonyl (C=O) groups is 1. The normalized spacial score (nSPS) is 19.2. The monoisotopic (exact) mass is 432 g/mol. The van der Waals surface area contributed by atoms with Crippen LogP contribution in [0.4, 0.5) is 5.69 Å². The number of benzene rings is 1. The molecule has 0 radical (unpaired) electrons. The molecule has 8 nitrogen and oxygen atoms in total. The van der Waals surface area contributed by atoms with Crippen molar-refractivity contribution in [2.24, 2.45) is 0 Å². The number of nitrogens with one attached hydrogen (secondary N) is 1. The number of phenols is 1. The van der Waals surface area contributed by atoms with Crippen LogP contribution in [0.2, 0.25) is 0 Å². The van der Waals surface area contributed by atoms with Crippen molar-refractivity contribution in [3.05, 3.63) is 18.2 Å². The van der Waals surface area contributed by atoms with E-state index in [-0.39, 0.29) is 26.9 Å². The molecule has 148 valence electrons. The number of piperidine rings is 1. The van der Waals surface area contributed by atoms with Gasteiger partial charge in [-0.05, 0) is 47.0 Å². The minimum atomic E-state index is -4.98. The zero-order valence-corrected chi connectivity index (χ0v) is 17.7. The van der Waals surface area contributed by atoms with Crippen molar-refractivity contribution in [1.82, 2.24) is 5.06 Å². The molecule has 5 N–H and O–H groups in total. The Labute approximate surface area is 156 Å². The van der Waals surface area contributed by atoms with Crippen LogP contribution in [-0.4, -0.2) is 54.7 Å². The van der Waals surface area contributed by atoms with Gasteiger partial charge in [0, 0.05) is 11.1 Å². The van der Waals surface area contributed by atoms with Gasteiger partial charge in [0.2, 0.25) is 0 Å². The number of rotatable bonds is 2. The van der Waals surface area contributed by atoms with Crippen molar-refractivity contribution >= 4 is 30.1 Å². The van der Waals surface area contributed by atoms with Gasteiger partial charge in [0.05, 0.1) is 0 Å². The standard InChI is InChI=1S/C9H19NO.C8H10AsNO5/c1-8(2)6-5-7-9(3,4)10(8)11;1-5(11)10-7-4-6(9(13,14)15)2-3-8(7)12/h11H,5-7H2,1-4H3;2-4,12H,1H3,(H,10,11)(H2,13,14,15). The second-order valence-electron chi connectivity index (χ2n) is 7.72. The summed E-state index contributed by atoms with van der Waals surface area (Å²) in [7, 11) is 0. The Balaban J connectivity index is 0.000000273. The van der Waals surface area contributed by atoms with Crippen LogP contribution in [0.25, 0.3) is 0 Å². The summed E-state index contributed by atoms with van der Waals surface area (Å²) in [6.07, 6.45) is 3.40. The molecule has 1 aliphatic heterocycles. The van der Waals surface area contributed by atoms with Crippen LogP contribution < -0.4 is 9.67 Å². The zero-order valence-electron chi connectivity index (χ0n) is 15.9. The molecule has 0 atom stereocenters. The van der Waals surface area contributed by atoms with Crippen molar-refractivity contribution in [3.63, 3.8) is 0 Å². The summed E-state index contributed by atoms with van der Waals surface area (Å²) in [5, 5.41) is 22.9. The summed E-state index contributed by atoms with van der Waals surface area (Å²) in [5.74, 6) is -0.668. The van der Waals surface area contributed by atoms with Gasteiger partial charge < -0.3 is 5.21 Å². The number of phenolic OH excluding ortho intramolecular Hbond substituents is 1. The van der Waals surface area contributed by atoms with Gasteiger partial charge in [-0.25, -0.2) is 0 Å². The van der Waals surface area contributed by atoms with E-state index in [9.17, 15) is 18.8 Å². The average molecular weight is 432 g/mol. The topological polar surface area (TPSA) is 130 Å². The van der Waals surface area contributed by atoms with Crippen LogP contribution in [0.15, 0.2) is 18.2 Å². The third-order valence-electron chi connectivity index (χ3n) is 4.35. The average Bonchev–Trinajstić information content (AvgIpc) is 2.46. The van der Waals surface area contributed by atoms with Crippen LogP contribution in [0.1, 0.15) is 53.9 Å². The Kier molecular flexibility index (Phi) is 7.12. The van der Waals surface area contributed by atoms with Gasteiger partial charge in [0.25, 0.3) is 0 Å². The molecular weight excluding hydrogens is 403 g/mol. The maximum Gasteiger partial charge on any atom is 0.0410 e. The van der Waals surface area contributed by atoms with E-state index in [2.05, 4.69) is 33.0 Å². The SMILES string of the molecule is CC(=O)Nc1cc([As](=O)(O)O)ccc1O.CC1(C)CCCC(C)(C)N1O. The van der Waals surface area contributed by atoms with E-state index in [4.69, 9.17) is 8.19 Å². The summed E-state index contributed by atoms with van der Waals surface area (Å²) in [6, 6.07) is 3.32. The van der Waals surface area contributed by atoms with Gasteiger partial charge in [-0.15, -0.1) is 0 Å². The fourth-order valence-electron chi connectivity index (χ4n) is 2.98. The van der Waals surface area contributed by atoms with Crippen molar-refractivity contribution in [2.75, 3.05) is 5.32 Å². The molecule has 0 aromatic heterocycles. The van der Waals surface area contributed by atoms with Crippen LogP contribution >= 0.6 is 0 Å². The van der Waals surface area contributed by atoms with Gasteiger partial charge in [-0.3, -0.25) is 0 Å². The molecule has 0 unspecified atom stereocenters. The third-order valence-corrected chi connectivity index (χ3v) is 6.35. The Bertz CT molecular complexity index is 682. The van der Waals surface area contributed by atoms with Crippen LogP contribution in [-0.2, 0) is 8.53 Å². The first-order valence-corrected chi connectivity index (χ1v) is 11.7. The van der Waals surface area contributed by atoms with E-state index >= 15 is 0 Å². The minimum absolute atomic E-state index is 0.00951. The molecule has 1 saturated heterocycles. The van der Waals surface area contributed by atoms with Crippen molar-refractivity contribution in [1.29, 1.82) is 0 Å². The zero-order chi connectivity index (χ0) is 20.3. The molecule has 1 heterocycles. The van der Waals surface area contributed by atoms with E-state index in [1.807, 2.05) is 0 Å². The number of carbonyl (C=O) groups excluding carboxylic acids is 1. The second kappa shape index (κ2) is 8.15. The predicted molar refractivity (Wildman–Crippen MR) is 98.6 cm³/mol. The van der Waals surface area contributed by atoms with Gasteiger partial charge in [0.15, 0.2) is 0 Å². The van der Waals surface area contributed by atoms with E-state index in [0.717, 1.165) is 31.0 Å². The number of amides is 1. The predicted octanol–water partition coefficient (Wildman–Crippen LogP) is 1.33. The van der Waals surface area contributed by atoms with Crippen LogP contribution in [0.5, 0.6) is 5.75 Å². The number of aromatic hydroxyl groups is 1. The molecule has 0 bridgehead atoms.